The topological polar surface area (TPSA) is 246 Å². The third-order valence-corrected chi connectivity index (χ3v) is 8.33. The standard InChI is InChI=1S/C37H42FN7O8/c1-21-11-16-26(38)30(19-21)42-37(53)40-23-14-12-22(13-15-23)25-8-6-9-28-33(25)34(45-44-28)43-31(47)10-5-3-2-4-7-24(46)20-27(39)35(50)41-29(36(51)52)17-18-32(48)49/h6,8-9,11-16,19,27,29H,2-5,7,10,17-18,20,39H2,1H3,(H,41,50)(H,48,49)(H,51,52)(H2,40,42,53)(H2,43,44,45,47)/t27-,29-/m0/s1. The highest BCUT2D eigenvalue weighted by molar-refractivity contribution is 6.07. The highest BCUT2D eigenvalue weighted by Crippen LogP contribution is 2.33. The number of Topliss-reactive ketones (excluding diaryl/α,β-unsaturated/α-hetero) is 1. The fraction of sp³-hybridized carbons (Fsp3) is 0.324. The summed E-state index contributed by atoms with van der Waals surface area (Å²) in [5, 5.41) is 36.1. The van der Waals surface area contributed by atoms with Gasteiger partial charge in [-0.1, -0.05) is 43.2 Å². The molecule has 0 saturated carbocycles. The van der Waals surface area contributed by atoms with Crippen LogP contribution < -0.4 is 27.0 Å². The SMILES string of the molecule is Cc1ccc(F)c(NC(=O)Nc2ccc(-c3cccc4[nH]nc(NC(=O)CCCCCCC(=O)C[C@H](N)C(=O)N[C@@H](CCC(=O)O)C(=O)O)c34)cc2)c1. The van der Waals surface area contributed by atoms with Crippen molar-refractivity contribution in [3.05, 3.63) is 72.0 Å². The molecule has 0 spiro atoms. The smallest absolute Gasteiger partial charge is 0.326 e. The summed E-state index contributed by atoms with van der Waals surface area (Å²) in [5.41, 5.74) is 9.45. The van der Waals surface area contributed by atoms with Crippen LogP contribution in [0.4, 0.5) is 26.4 Å². The predicted molar refractivity (Wildman–Crippen MR) is 196 cm³/mol. The summed E-state index contributed by atoms with van der Waals surface area (Å²) in [6.07, 6.45) is 1.73. The summed E-state index contributed by atoms with van der Waals surface area (Å²) in [6, 6.07) is 13.8. The number of benzene rings is 3. The number of nitrogens with zero attached hydrogens (tertiary/aromatic N) is 1. The van der Waals surface area contributed by atoms with Gasteiger partial charge in [-0.05, 0) is 73.2 Å². The Labute approximate surface area is 303 Å². The van der Waals surface area contributed by atoms with Gasteiger partial charge in [0.25, 0.3) is 0 Å². The van der Waals surface area contributed by atoms with Crippen LogP contribution in [-0.4, -0.2) is 68.1 Å². The maximum absolute atomic E-state index is 14.1. The zero-order valence-corrected chi connectivity index (χ0v) is 29.0. The molecule has 15 nitrogen and oxygen atoms in total. The molecule has 0 aliphatic carbocycles. The molecule has 0 bridgehead atoms. The number of ketones is 1. The first-order valence-electron chi connectivity index (χ1n) is 17.0. The summed E-state index contributed by atoms with van der Waals surface area (Å²) in [6.45, 7) is 1.79. The Morgan fingerprint density at radius 3 is 2.28 bits per heavy atom. The van der Waals surface area contributed by atoms with Crippen LogP contribution in [0.25, 0.3) is 22.0 Å². The van der Waals surface area contributed by atoms with Crippen molar-refractivity contribution >= 4 is 63.7 Å². The minimum absolute atomic E-state index is 0.0725. The van der Waals surface area contributed by atoms with Crippen molar-refractivity contribution in [1.29, 1.82) is 0 Å². The van der Waals surface area contributed by atoms with E-state index in [-0.39, 0.29) is 43.1 Å². The molecular weight excluding hydrogens is 689 g/mol. The van der Waals surface area contributed by atoms with Crippen LogP contribution in [0.15, 0.2) is 60.7 Å². The number of carboxylic acids is 2. The maximum Gasteiger partial charge on any atom is 0.326 e. The summed E-state index contributed by atoms with van der Waals surface area (Å²) in [5.74, 6) is -4.12. The number of aliphatic carboxylic acids is 2. The number of rotatable bonds is 19. The molecule has 0 radical (unpaired) electrons. The van der Waals surface area contributed by atoms with Gasteiger partial charge in [-0.25, -0.2) is 14.0 Å². The van der Waals surface area contributed by atoms with Crippen LogP contribution in [-0.2, 0) is 24.0 Å². The van der Waals surface area contributed by atoms with E-state index in [0.29, 0.717) is 48.1 Å². The molecule has 0 fully saturated rings. The molecule has 0 aliphatic rings. The van der Waals surface area contributed by atoms with Crippen molar-refractivity contribution in [3.63, 3.8) is 0 Å². The van der Waals surface area contributed by atoms with Crippen LogP contribution >= 0.6 is 0 Å². The molecule has 2 atom stereocenters. The lowest BCUT2D eigenvalue weighted by atomic mass is 10.0. The van der Waals surface area contributed by atoms with Crippen molar-refractivity contribution < 1.29 is 43.4 Å². The summed E-state index contributed by atoms with van der Waals surface area (Å²) in [4.78, 5) is 71.9. The molecular formula is C37H42FN7O8. The molecule has 4 amide bonds. The maximum atomic E-state index is 14.1. The van der Waals surface area contributed by atoms with Crippen molar-refractivity contribution in [2.24, 2.45) is 5.73 Å². The Morgan fingerprint density at radius 1 is 0.868 bits per heavy atom. The van der Waals surface area contributed by atoms with E-state index in [0.717, 1.165) is 16.7 Å². The number of nitrogens with two attached hydrogens (primary N) is 1. The van der Waals surface area contributed by atoms with E-state index in [1.54, 1.807) is 25.1 Å². The van der Waals surface area contributed by atoms with Crippen LogP contribution in [0.5, 0.6) is 0 Å². The molecule has 16 heteroatoms. The number of H-pyrrole nitrogens is 1. The number of hydrogen-bond acceptors (Lipinski definition) is 8. The van der Waals surface area contributed by atoms with Crippen molar-refractivity contribution in [3.8, 4) is 11.1 Å². The van der Waals surface area contributed by atoms with Crippen molar-refractivity contribution in [2.75, 3.05) is 16.0 Å². The number of fused-ring (bicyclic) bond motifs is 1. The molecule has 280 valence electrons. The highest BCUT2D eigenvalue weighted by Gasteiger charge is 2.25. The quantitative estimate of drug-likeness (QED) is 0.0577. The minimum atomic E-state index is -1.42. The van der Waals surface area contributed by atoms with Crippen molar-refractivity contribution in [1.82, 2.24) is 15.5 Å². The average Bonchev–Trinajstić information content (AvgIpc) is 3.52. The lowest BCUT2D eigenvalue weighted by Crippen LogP contribution is -2.49. The molecule has 53 heavy (non-hydrogen) atoms. The third kappa shape index (κ3) is 12.0. The molecule has 0 aliphatic heterocycles. The zero-order chi connectivity index (χ0) is 38.5. The molecule has 0 unspecified atom stereocenters. The van der Waals surface area contributed by atoms with Gasteiger partial charge >= 0.3 is 18.0 Å². The van der Waals surface area contributed by atoms with Gasteiger partial charge in [0.1, 0.15) is 17.6 Å². The summed E-state index contributed by atoms with van der Waals surface area (Å²) < 4.78 is 14.1. The number of hydrogen-bond donors (Lipinski definition) is 8. The van der Waals surface area contributed by atoms with Crippen LogP contribution in [0, 0.1) is 12.7 Å². The zero-order valence-electron chi connectivity index (χ0n) is 29.0. The monoisotopic (exact) mass is 731 g/mol. The summed E-state index contributed by atoms with van der Waals surface area (Å²) in [7, 11) is 0. The van der Waals surface area contributed by atoms with Gasteiger partial charge in [-0.15, -0.1) is 0 Å². The number of aromatic nitrogens is 2. The van der Waals surface area contributed by atoms with Crippen LogP contribution in [0.1, 0.15) is 63.4 Å². The van der Waals surface area contributed by atoms with Gasteiger partial charge in [-0.3, -0.25) is 24.3 Å². The lowest BCUT2D eigenvalue weighted by molar-refractivity contribution is -0.143. The Morgan fingerprint density at radius 2 is 1.58 bits per heavy atom. The van der Waals surface area contributed by atoms with E-state index in [1.807, 2.05) is 30.3 Å². The fourth-order valence-corrected chi connectivity index (χ4v) is 5.56. The predicted octanol–water partition coefficient (Wildman–Crippen LogP) is 5.32. The van der Waals surface area contributed by atoms with Gasteiger partial charge in [0, 0.05) is 31.4 Å². The molecule has 9 N–H and O–H groups in total. The first-order valence-corrected chi connectivity index (χ1v) is 17.0. The first kappa shape index (κ1) is 39.6. The molecule has 1 aromatic heterocycles. The highest BCUT2D eigenvalue weighted by atomic mass is 19.1. The number of carbonyl (C=O) groups is 6. The normalized spacial score (nSPS) is 12.1. The summed E-state index contributed by atoms with van der Waals surface area (Å²) >= 11 is 0. The number of carboxylic acid groups (broad SMARTS) is 2. The van der Waals surface area contributed by atoms with Crippen LogP contribution in [0.2, 0.25) is 0 Å². The Hall–Kier alpha value is -6.16. The number of carbonyl (C=O) groups excluding carboxylic acids is 4. The molecule has 4 aromatic rings. The molecule has 3 aromatic carbocycles. The number of amides is 4. The Kier molecular flexibility index (Phi) is 14.1. The van der Waals surface area contributed by atoms with E-state index in [1.165, 1.54) is 12.1 Å². The average molecular weight is 732 g/mol. The number of anilines is 3. The van der Waals surface area contributed by atoms with E-state index in [9.17, 15) is 38.3 Å². The largest absolute Gasteiger partial charge is 0.481 e. The van der Waals surface area contributed by atoms with Crippen LogP contribution in [0.3, 0.4) is 0 Å². The third-order valence-electron chi connectivity index (χ3n) is 8.33. The number of urea groups is 1. The molecule has 4 rings (SSSR count). The second kappa shape index (κ2) is 18.9. The lowest BCUT2D eigenvalue weighted by Gasteiger charge is -2.17. The van der Waals surface area contributed by atoms with E-state index < -0.39 is 48.2 Å². The number of halogens is 1. The van der Waals surface area contributed by atoms with Gasteiger partial charge in [0.2, 0.25) is 11.8 Å². The van der Waals surface area contributed by atoms with Gasteiger partial charge in [0.15, 0.2) is 5.82 Å². The van der Waals surface area contributed by atoms with E-state index in [2.05, 4.69) is 31.5 Å². The minimum Gasteiger partial charge on any atom is -0.481 e. The van der Waals surface area contributed by atoms with Gasteiger partial charge in [0.05, 0.1) is 22.6 Å². The number of aromatic amines is 1. The van der Waals surface area contributed by atoms with Crippen molar-refractivity contribution in [2.45, 2.75) is 76.8 Å². The Balaban J connectivity index is 1.21. The van der Waals surface area contributed by atoms with E-state index >= 15 is 0 Å². The van der Waals surface area contributed by atoms with E-state index in [4.69, 9.17) is 10.8 Å². The number of nitrogens with one attached hydrogen (secondary N) is 5. The second-order valence-corrected chi connectivity index (χ2v) is 12.6. The molecule has 1 heterocycles. The second-order valence-electron chi connectivity index (χ2n) is 12.6. The fourth-order valence-electron chi connectivity index (χ4n) is 5.56. The Bertz CT molecular complexity index is 1960. The van der Waals surface area contributed by atoms with Gasteiger partial charge < -0.3 is 37.2 Å². The number of unbranched alkanes of at least 4 members (excludes halogenated alkanes) is 3. The number of aryl methyl sites for hydroxylation is 1. The first-order chi connectivity index (χ1) is 25.3. The molecule has 0 saturated heterocycles. The van der Waals surface area contributed by atoms with Gasteiger partial charge in [-0.2, -0.15) is 5.10 Å².